The first-order valence-corrected chi connectivity index (χ1v) is 9.50. The number of nitrogens with one attached hydrogen (secondary N) is 2. The van der Waals surface area contributed by atoms with Crippen molar-refractivity contribution in [3.05, 3.63) is 0 Å². The van der Waals surface area contributed by atoms with E-state index in [1.165, 1.54) is 11.2 Å². The van der Waals surface area contributed by atoms with Gasteiger partial charge < -0.3 is 15.5 Å². The summed E-state index contributed by atoms with van der Waals surface area (Å²) in [5, 5.41) is 6.30. The van der Waals surface area contributed by atoms with Crippen LogP contribution in [0.15, 0.2) is 4.99 Å². The molecule has 0 spiro atoms. The molecule has 1 atom stereocenters. The Labute approximate surface area is 134 Å². The molecule has 7 nitrogen and oxygen atoms in total. The zero-order chi connectivity index (χ0) is 17.3. The van der Waals surface area contributed by atoms with Crippen LogP contribution in [-0.4, -0.2) is 70.4 Å². The van der Waals surface area contributed by atoms with Crippen molar-refractivity contribution in [2.75, 3.05) is 39.2 Å². The van der Waals surface area contributed by atoms with E-state index in [9.17, 15) is 13.2 Å². The third kappa shape index (κ3) is 11.4. The average molecular weight is 334 g/mol. The molecule has 0 aromatic rings. The first-order chi connectivity index (χ1) is 10.0. The van der Waals surface area contributed by atoms with Crippen LogP contribution in [0.25, 0.3) is 0 Å². The monoisotopic (exact) mass is 334 g/mol. The van der Waals surface area contributed by atoms with Crippen LogP contribution in [0, 0.1) is 5.92 Å². The Morgan fingerprint density at radius 3 is 2.27 bits per heavy atom. The maximum absolute atomic E-state index is 11.6. The van der Waals surface area contributed by atoms with Gasteiger partial charge in [-0.1, -0.05) is 13.8 Å². The molecule has 0 radical (unpaired) electrons. The molecule has 0 saturated carbocycles. The number of guanidine groups is 1. The minimum atomic E-state index is -2.98. The summed E-state index contributed by atoms with van der Waals surface area (Å²) >= 11 is 0. The summed E-state index contributed by atoms with van der Waals surface area (Å²) in [5.74, 6) is 0.997. The molecule has 0 rings (SSSR count). The molecular weight excluding hydrogens is 304 g/mol. The summed E-state index contributed by atoms with van der Waals surface area (Å²) in [7, 11) is 0.385. The lowest BCUT2D eigenvalue weighted by Gasteiger charge is -2.19. The van der Waals surface area contributed by atoms with Gasteiger partial charge in [0.15, 0.2) is 5.96 Å². The standard InChI is InChI=1S/C14H30N4O3S/c1-11(2)9-15-14(16-10-13(19)18(4)5)17-12(3)7-8-22(6,20)21/h11-12H,7-10H2,1-6H3,(H2,15,16,17). The van der Waals surface area contributed by atoms with Gasteiger partial charge in [0, 0.05) is 32.9 Å². The lowest BCUT2D eigenvalue weighted by atomic mass is 10.2. The van der Waals surface area contributed by atoms with Gasteiger partial charge in [-0.15, -0.1) is 0 Å². The molecule has 0 aliphatic rings. The maximum Gasteiger partial charge on any atom is 0.243 e. The van der Waals surface area contributed by atoms with Crippen LogP contribution in [-0.2, 0) is 14.6 Å². The third-order valence-electron chi connectivity index (χ3n) is 2.85. The Morgan fingerprint density at radius 2 is 1.82 bits per heavy atom. The topological polar surface area (TPSA) is 90.9 Å². The highest BCUT2D eigenvalue weighted by Gasteiger charge is 2.11. The van der Waals surface area contributed by atoms with E-state index in [2.05, 4.69) is 29.5 Å². The lowest BCUT2D eigenvalue weighted by Crippen LogP contribution is -2.44. The van der Waals surface area contributed by atoms with Gasteiger partial charge in [-0.3, -0.25) is 4.79 Å². The summed E-state index contributed by atoms with van der Waals surface area (Å²) in [6, 6.07) is -0.0532. The molecule has 2 N–H and O–H groups in total. The molecule has 130 valence electrons. The fourth-order valence-electron chi connectivity index (χ4n) is 1.44. The van der Waals surface area contributed by atoms with Gasteiger partial charge in [-0.05, 0) is 19.3 Å². The van der Waals surface area contributed by atoms with Gasteiger partial charge >= 0.3 is 0 Å². The minimum Gasteiger partial charge on any atom is -0.356 e. The number of aliphatic imine (C=N–C) groups is 1. The van der Waals surface area contributed by atoms with Crippen LogP contribution in [0.5, 0.6) is 0 Å². The Morgan fingerprint density at radius 1 is 1.23 bits per heavy atom. The predicted octanol–water partition coefficient (Wildman–Crippen LogP) is 0.0890. The lowest BCUT2D eigenvalue weighted by molar-refractivity contribution is -0.127. The van der Waals surface area contributed by atoms with Gasteiger partial charge in [0.25, 0.3) is 0 Å². The van der Waals surface area contributed by atoms with E-state index in [-0.39, 0.29) is 24.2 Å². The molecule has 0 fully saturated rings. The SMILES string of the molecule is CC(C)CNC(=NCC(=O)N(C)C)NC(C)CCS(C)(=O)=O. The third-order valence-corrected chi connectivity index (χ3v) is 3.83. The number of nitrogens with zero attached hydrogens (tertiary/aromatic N) is 2. The van der Waals surface area contributed by atoms with Gasteiger partial charge in [0.1, 0.15) is 16.4 Å². The van der Waals surface area contributed by atoms with Crippen LogP contribution in [0.2, 0.25) is 0 Å². The van der Waals surface area contributed by atoms with Crippen LogP contribution in [0.1, 0.15) is 27.2 Å². The Bertz CT molecular complexity index is 472. The molecule has 0 bridgehead atoms. The fraction of sp³-hybridized carbons (Fsp3) is 0.857. The van der Waals surface area contributed by atoms with Crippen molar-refractivity contribution < 1.29 is 13.2 Å². The first-order valence-electron chi connectivity index (χ1n) is 7.44. The molecule has 0 aliphatic heterocycles. The van der Waals surface area contributed by atoms with Gasteiger partial charge in [-0.2, -0.15) is 0 Å². The Balaban J connectivity index is 4.63. The quantitative estimate of drug-likeness (QED) is 0.485. The van der Waals surface area contributed by atoms with Crippen molar-refractivity contribution in [3.8, 4) is 0 Å². The highest BCUT2D eigenvalue weighted by atomic mass is 32.2. The van der Waals surface area contributed by atoms with Crippen LogP contribution in [0.3, 0.4) is 0 Å². The van der Waals surface area contributed by atoms with E-state index in [4.69, 9.17) is 0 Å². The van der Waals surface area contributed by atoms with Gasteiger partial charge in [0.05, 0.1) is 5.75 Å². The number of hydrogen-bond acceptors (Lipinski definition) is 4. The van der Waals surface area contributed by atoms with Crippen molar-refractivity contribution in [2.45, 2.75) is 33.2 Å². The van der Waals surface area contributed by atoms with E-state index in [0.717, 1.165) is 6.54 Å². The van der Waals surface area contributed by atoms with Crippen molar-refractivity contribution in [1.29, 1.82) is 0 Å². The van der Waals surface area contributed by atoms with E-state index >= 15 is 0 Å². The normalized spacial score (nSPS) is 13.9. The summed E-state index contributed by atoms with van der Waals surface area (Å²) in [6.45, 7) is 6.82. The van der Waals surface area contributed by atoms with Gasteiger partial charge in [-0.25, -0.2) is 13.4 Å². The number of rotatable bonds is 8. The molecule has 0 aromatic heterocycles. The second kappa shape index (κ2) is 9.66. The number of carbonyl (C=O) groups is 1. The van der Waals surface area contributed by atoms with E-state index < -0.39 is 9.84 Å². The number of sulfone groups is 1. The van der Waals surface area contributed by atoms with E-state index in [1.807, 2.05) is 6.92 Å². The average Bonchev–Trinajstić information content (AvgIpc) is 2.38. The smallest absolute Gasteiger partial charge is 0.243 e. The molecule has 0 saturated heterocycles. The summed E-state index contributed by atoms with van der Waals surface area (Å²) < 4.78 is 22.4. The highest BCUT2D eigenvalue weighted by molar-refractivity contribution is 7.90. The Hall–Kier alpha value is -1.31. The molecule has 0 heterocycles. The Kier molecular flexibility index (Phi) is 9.08. The van der Waals surface area contributed by atoms with E-state index in [1.54, 1.807) is 14.1 Å². The number of likely N-dealkylation sites (N-methyl/N-ethyl adjacent to an activating group) is 1. The van der Waals surface area contributed by atoms with Crippen molar-refractivity contribution in [1.82, 2.24) is 15.5 Å². The van der Waals surface area contributed by atoms with Crippen LogP contribution in [0.4, 0.5) is 0 Å². The largest absolute Gasteiger partial charge is 0.356 e. The second-order valence-corrected chi connectivity index (χ2v) is 8.45. The number of amides is 1. The highest BCUT2D eigenvalue weighted by Crippen LogP contribution is 1.96. The van der Waals surface area contributed by atoms with Crippen molar-refractivity contribution in [3.63, 3.8) is 0 Å². The number of hydrogen-bond donors (Lipinski definition) is 2. The minimum absolute atomic E-state index is 0.0532. The summed E-state index contributed by atoms with van der Waals surface area (Å²) in [5.41, 5.74) is 0. The predicted molar refractivity (Wildman–Crippen MR) is 90.8 cm³/mol. The first kappa shape index (κ1) is 20.7. The molecule has 0 aromatic carbocycles. The fourth-order valence-corrected chi connectivity index (χ4v) is 2.22. The molecule has 1 unspecified atom stereocenters. The summed E-state index contributed by atoms with van der Waals surface area (Å²) in [6.07, 6.45) is 1.71. The molecule has 0 aliphatic carbocycles. The molecule has 8 heteroatoms. The van der Waals surface area contributed by atoms with Crippen molar-refractivity contribution in [2.24, 2.45) is 10.9 Å². The molecule has 22 heavy (non-hydrogen) atoms. The number of carbonyl (C=O) groups excluding carboxylic acids is 1. The van der Waals surface area contributed by atoms with Gasteiger partial charge in [0.2, 0.25) is 5.91 Å². The maximum atomic E-state index is 11.6. The van der Waals surface area contributed by atoms with Crippen molar-refractivity contribution >= 4 is 21.7 Å². The second-order valence-electron chi connectivity index (χ2n) is 6.19. The van der Waals surface area contributed by atoms with E-state index in [0.29, 0.717) is 18.3 Å². The zero-order valence-corrected chi connectivity index (χ0v) is 15.3. The molecule has 1 amide bonds. The van der Waals surface area contributed by atoms with Crippen LogP contribution >= 0.6 is 0 Å². The van der Waals surface area contributed by atoms with Crippen LogP contribution < -0.4 is 10.6 Å². The molecular formula is C14H30N4O3S. The summed E-state index contributed by atoms with van der Waals surface area (Å²) in [4.78, 5) is 17.4. The zero-order valence-electron chi connectivity index (χ0n) is 14.5.